The Labute approximate surface area is 127 Å². The van der Waals surface area contributed by atoms with E-state index in [4.69, 9.17) is 4.74 Å². The van der Waals surface area contributed by atoms with Crippen molar-refractivity contribution in [1.29, 1.82) is 0 Å². The molecule has 0 rings (SSSR count). The number of allylic oxidation sites excluding steroid dienone is 1. The molecule has 0 heterocycles. The summed E-state index contributed by atoms with van der Waals surface area (Å²) in [7, 11) is -2.20. The molecule has 0 saturated heterocycles. The van der Waals surface area contributed by atoms with Crippen molar-refractivity contribution in [2.24, 2.45) is 0 Å². The lowest BCUT2D eigenvalue weighted by Gasteiger charge is -2.22. The van der Waals surface area contributed by atoms with Gasteiger partial charge >= 0.3 is 6.09 Å². The van der Waals surface area contributed by atoms with E-state index >= 15 is 0 Å². The molecule has 0 aliphatic heterocycles. The van der Waals surface area contributed by atoms with Gasteiger partial charge < -0.3 is 15.2 Å². The van der Waals surface area contributed by atoms with Crippen LogP contribution in [-0.4, -0.2) is 41.1 Å². The van der Waals surface area contributed by atoms with Crippen LogP contribution in [0.15, 0.2) is 11.2 Å². The Balaban J connectivity index is 4.59. The fraction of sp³-hybridized carbons (Fsp3) is 0.714. The molecular weight excluding hydrogens is 294 g/mol. The SMILES string of the molecule is CC(=O)[C@H](CC/C(O)=C/[S+](C)(C)=O)NC(=O)OC(C)(C)C. The maximum absolute atomic E-state index is 11.6. The van der Waals surface area contributed by atoms with Crippen LogP contribution >= 0.6 is 0 Å². The maximum atomic E-state index is 11.6. The molecule has 0 fully saturated rings. The van der Waals surface area contributed by atoms with Gasteiger partial charge in [0, 0.05) is 6.42 Å². The molecule has 1 atom stereocenters. The largest absolute Gasteiger partial charge is 0.508 e. The molecule has 0 radical (unpaired) electrons. The number of aliphatic hydroxyl groups is 1. The number of hydrogen-bond acceptors (Lipinski definition) is 5. The molecular formula is C14H26NO5S+. The summed E-state index contributed by atoms with van der Waals surface area (Å²) < 4.78 is 16.6. The van der Waals surface area contributed by atoms with Gasteiger partial charge in [-0.25, -0.2) is 4.79 Å². The monoisotopic (exact) mass is 320 g/mol. The lowest BCUT2D eigenvalue weighted by Crippen LogP contribution is -2.42. The summed E-state index contributed by atoms with van der Waals surface area (Å²) in [4.78, 5) is 23.2. The minimum atomic E-state index is -2.20. The van der Waals surface area contributed by atoms with Crippen LogP contribution in [0.3, 0.4) is 0 Å². The topological polar surface area (TPSA) is 92.7 Å². The van der Waals surface area contributed by atoms with E-state index < -0.39 is 27.7 Å². The molecule has 6 nitrogen and oxygen atoms in total. The van der Waals surface area contributed by atoms with Crippen LogP contribution in [0.2, 0.25) is 0 Å². The molecule has 122 valence electrons. The molecule has 0 aliphatic rings. The van der Waals surface area contributed by atoms with E-state index in [-0.39, 0.29) is 24.4 Å². The van der Waals surface area contributed by atoms with Crippen LogP contribution in [0.1, 0.15) is 40.5 Å². The van der Waals surface area contributed by atoms with Gasteiger partial charge in [-0.2, -0.15) is 0 Å². The highest BCUT2D eigenvalue weighted by molar-refractivity contribution is 8.04. The second kappa shape index (κ2) is 7.59. The fourth-order valence-corrected chi connectivity index (χ4v) is 2.28. The van der Waals surface area contributed by atoms with Crippen LogP contribution in [0.4, 0.5) is 4.79 Å². The molecule has 0 aromatic rings. The molecule has 0 saturated carbocycles. The van der Waals surface area contributed by atoms with E-state index in [0.29, 0.717) is 0 Å². The zero-order valence-electron chi connectivity index (χ0n) is 13.6. The van der Waals surface area contributed by atoms with Crippen LogP contribution in [0.25, 0.3) is 0 Å². The number of Topliss-reactive ketones (excluding diaryl/α,β-unsaturated/α-hetero) is 1. The second-order valence-electron chi connectivity index (χ2n) is 6.27. The van der Waals surface area contributed by atoms with Crippen LogP contribution in [0.5, 0.6) is 0 Å². The lowest BCUT2D eigenvalue weighted by molar-refractivity contribution is -0.119. The Morgan fingerprint density at radius 3 is 2.24 bits per heavy atom. The summed E-state index contributed by atoms with van der Waals surface area (Å²) in [5.41, 5.74) is -0.649. The van der Waals surface area contributed by atoms with E-state index in [1.165, 1.54) is 24.8 Å². The number of carbonyl (C=O) groups is 2. The molecule has 7 heteroatoms. The molecule has 21 heavy (non-hydrogen) atoms. The fourth-order valence-electron chi connectivity index (χ4n) is 1.51. The summed E-state index contributed by atoms with van der Waals surface area (Å²) in [6, 6.07) is -0.750. The Morgan fingerprint density at radius 2 is 1.86 bits per heavy atom. The minimum Gasteiger partial charge on any atom is -0.508 e. The Morgan fingerprint density at radius 1 is 1.33 bits per heavy atom. The molecule has 0 bridgehead atoms. The van der Waals surface area contributed by atoms with Gasteiger partial charge in [-0.3, -0.25) is 4.79 Å². The van der Waals surface area contributed by atoms with Crippen molar-refractivity contribution in [3.8, 4) is 0 Å². The predicted molar refractivity (Wildman–Crippen MR) is 83.7 cm³/mol. The first-order valence-corrected chi connectivity index (χ1v) is 9.07. The van der Waals surface area contributed by atoms with Crippen molar-refractivity contribution in [3.05, 3.63) is 11.2 Å². The van der Waals surface area contributed by atoms with Gasteiger partial charge in [-0.05, 0) is 34.1 Å². The number of hydrogen-bond donors (Lipinski definition) is 2. The van der Waals surface area contributed by atoms with E-state index in [9.17, 15) is 18.9 Å². The minimum absolute atomic E-state index is 0.0535. The van der Waals surface area contributed by atoms with Crippen molar-refractivity contribution in [2.45, 2.75) is 52.2 Å². The van der Waals surface area contributed by atoms with E-state index in [1.807, 2.05) is 0 Å². The first-order chi connectivity index (χ1) is 9.30. The van der Waals surface area contributed by atoms with Crippen molar-refractivity contribution in [1.82, 2.24) is 5.32 Å². The number of alkyl carbamates (subject to hydrolysis) is 1. The average molecular weight is 320 g/mol. The van der Waals surface area contributed by atoms with Crippen molar-refractivity contribution >= 4 is 21.8 Å². The van der Waals surface area contributed by atoms with E-state index in [1.54, 1.807) is 20.8 Å². The predicted octanol–water partition coefficient (Wildman–Crippen LogP) is 2.41. The Hall–Kier alpha value is -1.37. The molecule has 0 aliphatic carbocycles. The van der Waals surface area contributed by atoms with Gasteiger partial charge in [0.25, 0.3) is 0 Å². The van der Waals surface area contributed by atoms with Gasteiger partial charge in [-0.15, -0.1) is 4.21 Å². The summed E-state index contributed by atoms with van der Waals surface area (Å²) in [5, 5.41) is 13.4. The summed E-state index contributed by atoms with van der Waals surface area (Å²) >= 11 is 0. The van der Waals surface area contributed by atoms with Gasteiger partial charge in [0.15, 0.2) is 11.2 Å². The van der Waals surface area contributed by atoms with E-state index in [0.717, 1.165) is 0 Å². The van der Waals surface area contributed by atoms with Crippen molar-refractivity contribution in [2.75, 3.05) is 12.5 Å². The number of rotatable bonds is 6. The zero-order valence-corrected chi connectivity index (χ0v) is 14.4. The zero-order chi connectivity index (χ0) is 16.8. The third-order valence-corrected chi connectivity index (χ3v) is 3.13. The van der Waals surface area contributed by atoms with Crippen LogP contribution in [0, 0.1) is 0 Å². The van der Waals surface area contributed by atoms with Gasteiger partial charge in [-0.1, -0.05) is 0 Å². The smallest absolute Gasteiger partial charge is 0.408 e. The maximum Gasteiger partial charge on any atom is 0.408 e. The quantitative estimate of drug-likeness (QED) is 0.579. The third-order valence-electron chi connectivity index (χ3n) is 2.29. The summed E-state index contributed by atoms with van der Waals surface area (Å²) in [6.45, 7) is 6.53. The highest BCUT2D eigenvalue weighted by Gasteiger charge is 2.22. The van der Waals surface area contributed by atoms with Crippen molar-refractivity contribution in [3.63, 3.8) is 0 Å². The number of carbonyl (C=O) groups excluding carboxylic acids is 2. The molecule has 1 amide bonds. The van der Waals surface area contributed by atoms with Gasteiger partial charge in [0.1, 0.15) is 33.8 Å². The lowest BCUT2D eigenvalue weighted by atomic mass is 10.1. The molecule has 0 unspecified atom stereocenters. The first-order valence-electron chi connectivity index (χ1n) is 6.64. The van der Waals surface area contributed by atoms with Crippen LogP contribution < -0.4 is 5.32 Å². The van der Waals surface area contributed by atoms with Crippen LogP contribution in [-0.2, 0) is 23.7 Å². The van der Waals surface area contributed by atoms with Crippen molar-refractivity contribution < 1.29 is 23.6 Å². The number of ketones is 1. The van der Waals surface area contributed by atoms with E-state index in [2.05, 4.69) is 5.32 Å². The number of nitrogens with one attached hydrogen (secondary N) is 1. The number of amides is 1. The summed E-state index contributed by atoms with van der Waals surface area (Å²) in [6.07, 6.45) is 2.70. The highest BCUT2D eigenvalue weighted by Crippen LogP contribution is 2.11. The average Bonchev–Trinajstić information content (AvgIpc) is 2.18. The Bertz CT molecular complexity index is 458. The summed E-state index contributed by atoms with van der Waals surface area (Å²) in [5.74, 6) is -0.287. The highest BCUT2D eigenvalue weighted by atomic mass is 32.2. The number of ether oxygens (including phenoxy) is 1. The van der Waals surface area contributed by atoms with Gasteiger partial charge in [0.05, 0.1) is 6.04 Å². The second-order valence-corrected chi connectivity index (χ2v) is 9.12. The molecule has 0 aromatic heterocycles. The molecule has 0 spiro atoms. The Kier molecular flexibility index (Phi) is 7.09. The normalized spacial score (nSPS) is 14.5. The standard InChI is InChI=1S/C14H25NO5S/c1-10(16)12(15-13(18)20-14(2,3)4)8-7-11(17)9-21(5,6)19/h9,12H,7-8H2,1-6H3,(H-,15,17,18,19)/p+1/t12-/m0/s1. The molecule has 2 N–H and O–H groups in total. The first kappa shape index (κ1) is 19.6. The third kappa shape index (κ3) is 11.0. The molecule has 0 aromatic carbocycles. The number of aliphatic hydroxyl groups excluding tert-OH is 1. The van der Waals surface area contributed by atoms with Gasteiger partial charge in [0.2, 0.25) is 0 Å².